The van der Waals surface area contributed by atoms with Gasteiger partial charge in [0.2, 0.25) is 0 Å². The number of fused-ring (bicyclic) bond motifs is 1. The standard InChI is InChI=1S/C21H22N4O3.ClH/c1-25-12-17(16-10-14(7-8-18(16)25)24-11-20(27)28)19(26)9-6-13-4-2-3-5-15(13)21(22)23;/h2-5,7-8,10,12,24H,6,9,11H2,1H3,(H3,22,23)(H,27,28);1H. The summed E-state index contributed by atoms with van der Waals surface area (Å²) in [5.74, 6) is -0.977. The van der Waals surface area contributed by atoms with E-state index in [-0.39, 0.29) is 37.0 Å². The number of carbonyl (C=O) groups is 2. The van der Waals surface area contributed by atoms with Gasteiger partial charge in [-0.1, -0.05) is 24.3 Å². The number of carbonyl (C=O) groups excluding carboxylic acids is 1. The highest BCUT2D eigenvalue weighted by Gasteiger charge is 2.16. The van der Waals surface area contributed by atoms with Gasteiger partial charge in [-0.2, -0.15) is 0 Å². The summed E-state index contributed by atoms with van der Waals surface area (Å²) in [6, 6.07) is 12.8. The van der Waals surface area contributed by atoms with Crippen LogP contribution in [-0.4, -0.2) is 33.8 Å². The molecule has 29 heavy (non-hydrogen) atoms. The normalized spacial score (nSPS) is 10.4. The minimum atomic E-state index is -0.950. The quantitative estimate of drug-likeness (QED) is 0.256. The molecule has 0 aliphatic heterocycles. The van der Waals surface area contributed by atoms with Crippen molar-refractivity contribution in [3.63, 3.8) is 0 Å². The molecule has 3 rings (SSSR count). The highest BCUT2D eigenvalue weighted by Crippen LogP contribution is 2.26. The zero-order valence-corrected chi connectivity index (χ0v) is 16.8. The predicted molar refractivity (Wildman–Crippen MR) is 116 cm³/mol. The number of rotatable bonds is 8. The molecule has 0 radical (unpaired) electrons. The fourth-order valence-electron chi connectivity index (χ4n) is 3.29. The molecule has 2 aromatic carbocycles. The maximum absolute atomic E-state index is 12.9. The maximum atomic E-state index is 12.9. The smallest absolute Gasteiger partial charge is 0.322 e. The van der Waals surface area contributed by atoms with E-state index < -0.39 is 5.97 Å². The van der Waals surface area contributed by atoms with E-state index in [0.717, 1.165) is 16.5 Å². The molecule has 8 heteroatoms. The molecule has 0 fully saturated rings. The van der Waals surface area contributed by atoms with Crippen LogP contribution in [0.25, 0.3) is 10.9 Å². The Morgan fingerprint density at radius 3 is 2.59 bits per heavy atom. The summed E-state index contributed by atoms with van der Waals surface area (Å²) in [5.41, 5.74) is 9.28. The van der Waals surface area contributed by atoms with Crippen molar-refractivity contribution < 1.29 is 14.7 Å². The van der Waals surface area contributed by atoms with E-state index in [2.05, 4.69) is 5.32 Å². The fourth-order valence-corrected chi connectivity index (χ4v) is 3.29. The van der Waals surface area contributed by atoms with E-state index in [4.69, 9.17) is 16.2 Å². The van der Waals surface area contributed by atoms with Gasteiger partial charge < -0.3 is 20.7 Å². The molecule has 0 saturated carbocycles. The Morgan fingerprint density at radius 2 is 1.90 bits per heavy atom. The first-order valence-electron chi connectivity index (χ1n) is 8.87. The Hall–Kier alpha value is -3.32. The number of halogens is 1. The number of ketones is 1. The number of hydrogen-bond donors (Lipinski definition) is 4. The van der Waals surface area contributed by atoms with E-state index in [9.17, 15) is 9.59 Å². The van der Waals surface area contributed by atoms with Gasteiger partial charge in [0, 0.05) is 47.4 Å². The van der Waals surface area contributed by atoms with Crippen LogP contribution in [0.4, 0.5) is 5.69 Å². The number of benzene rings is 2. The number of aryl methyl sites for hydroxylation is 2. The summed E-state index contributed by atoms with van der Waals surface area (Å²) >= 11 is 0. The number of nitrogens with one attached hydrogen (secondary N) is 2. The Bertz CT molecular complexity index is 1070. The summed E-state index contributed by atoms with van der Waals surface area (Å²) < 4.78 is 1.88. The van der Waals surface area contributed by atoms with Crippen molar-refractivity contribution in [3.8, 4) is 0 Å². The van der Waals surface area contributed by atoms with E-state index in [1.807, 2.05) is 35.9 Å². The van der Waals surface area contributed by atoms with Crippen LogP contribution in [0.2, 0.25) is 0 Å². The summed E-state index contributed by atoms with van der Waals surface area (Å²) in [5, 5.41) is 20.1. The highest BCUT2D eigenvalue weighted by molar-refractivity contribution is 6.09. The minimum Gasteiger partial charge on any atom is -0.480 e. The predicted octanol–water partition coefficient (Wildman–Crippen LogP) is 3.20. The Labute approximate surface area is 174 Å². The van der Waals surface area contributed by atoms with Gasteiger partial charge in [-0.15, -0.1) is 12.4 Å². The van der Waals surface area contributed by atoms with Crippen molar-refractivity contribution in [2.24, 2.45) is 12.8 Å². The lowest BCUT2D eigenvalue weighted by Gasteiger charge is -2.08. The number of aromatic nitrogens is 1. The van der Waals surface area contributed by atoms with Crippen molar-refractivity contribution in [1.82, 2.24) is 4.57 Å². The largest absolute Gasteiger partial charge is 0.480 e. The van der Waals surface area contributed by atoms with Gasteiger partial charge in [0.15, 0.2) is 5.78 Å². The van der Waals surface area contributed by atoms with Crippen molar-refractivity contribution >= 4 is 46.6 Å². The first-order chi connectivity index (χ1) is 13.4. The molecule has 1 aromatic heterocycles. The molecule has 0 saturated heterocycles. The van der Waals surface area contributed by atoms with Crippen molar-refractivity contribution in [3.05, 3.63) is 65.4 Å². The van der Waals surface area contributed by atoms with Gasteiger partial charge in [-0.05, 0) is 30.2 Å². The average Bonchev–Trinajstić information content (AvgIpc) is 3.00. The van der Waals surface area contributed by atoms with Crippen LogP contribution < -0.4 is 11.1 Å². The van der Waals surface area contributed by atoms with E-state index in [1.165, 1.54) is 0 Å². The third-order valence-electron chi connectivity index (χ3n) is 4.66. The third kappa shape index (κ3) is 4.94. The number of carboxylic acid groups (broad SMARTS) is 1. The van der Waals surface area contributed by atoms with Crippen LogP contribution in [0, 0.1) is 5.41 Å². The number of aliphatic carboxylic acids is 1. The molecule has 0 aliphatic carbocycles. The average molecular weight is 415 g/mol. The van der Waals surface area contributed by atoms with Crippen LogP contribution >= 0.6 is 12.4 Å². The molecule has 0 aliphatic rings. The van der Waals surface area contributed by atoms with Crippen LogP contribution in [-0.2, 0) is 18.3 Å². The Morgan fingerprint density at radius 1 is 1.17 bits per heavy atom. The third-order valence-corrected chi connectivity index (χ3v) is 4.66. The second kappa shape index (κ2) is 9.25. The van der Waals surface area contributed by atoms with Crippen LogP contribution in [0.5, 0.6) is 0 Å². The molecular weight excluding hydrogens is 392 g/mol. The molecule has 7 nitrogen and oxygen atoms in total. The van der Waals surface area contributed by atoms with Crippen LogP contribution in [0.15, 0.2) is 48.7 Å². The van der Waals surface area contributed by atoms with Gasteiger partial charge in [0.05, 0.1) is 0 Å². The number of nitrogens with zero attached hydrogens (tertiary/aromatic N) is 1. The molecule has 0 bridgehead atoms. The van der Waals surface area contributed by atoms with Gasteiger partial charge in [0.25, 0.3) is 0 Å². The lowest BCUT2D eigenvalue weighted by Crippen LogP contribution is -2.14. The molecular formula is C21H23ClN4O3. The number of carboxylic acids is 1. The van der Waals surface area contributed by atoms with Crippen molar-refractivity contribution in [2.45, 2.75) is 12.8 Å². The van der Waals surface area contributed by atoms with Gasteiger partial charge in [-0.3, -0.25) is 15.0 Å². The summed E-state index contributed by atoms with van der Waals surface area (Å²) in [7, 11) is 1.87. The molecule has 1 heterocycles. The molecule has 0 amide bonds. The fraction of sp³-hybridized carbons (Fsp3) is 0.190. The van der Waals surface area contributed by atoms with Crippen LogP contribution in [0.1, 0.15) is 27.9 Å². The highest BCUT2D eigenvalue weighted by atomic mass is 35.5. The van der Waals surface area contributed by atoms with Gasteiger partial charge >= 0.3 is 5.97 Å². The zero-order valence-electron chi connectivity index (χ0n) is 15.9. The molecule has 0 spiro atoms. The molecule has 5 N–H and O–H groups in total. The van der Waals surface area contributed by atoms with Crippen molar-refractivity contribution in [2.75, 3.05) is 11.9 Å². The SMILES string of the molecule is Cl.Cn1cc(C(=O)CCc2ccccc2C(=N)N)c2cc(NCC(=O)O)ccc21. The second-order valence-corrected chi connectivity index (χ2v) is 6.63. The van der Waals surface area contributed by atoms with E-state index in [1.54, 1.807) is 24.4 Å². The number of Topliss-reactive ketones (excluding diaryl/α,β-unsaturated/α-hetero) is 1. The first-order valence-corrected chi connectivity index (χ1v) is 8.87. The van der Waals surface area contributed by atoms with Gasteiger partial charge in [0.1, 0.15) is 12.4 Å². The molecule has 0 unspecified atom stereocenters. The number of anilines is 1. The lowest BCUT2D eigenvalue weighted by molar-refractivity contribution is -0.134. The number of nitrogens with two attached hydrogens (primary N) is 1. The van der Waals surface area contributed by atoms with Gasteiger partial charge in [-0.25, -0.2) is 0 Å². The monoisotopic (exact) mass is 414 g/mol. The summed E-state index contributed by atoms with van der Waals surface area (Å²) in [4.78, 5) is 23.7. The Kier molecular flexibility index (Phi) is 7.01. The number of amidine groups is 1. The van der Waals surface area contributed by atoms with Crippen LogP contribution in [0.3, 0.4) is 0 Å². The molecule has 0 atom stereocenters. The molecule has 3 aromatic rings. The summed E-state index contributed by atoms with van der Waals surface area (Å²) in [6.07, 6.45) is 2.57. The second-order valence-electron chi connectivity index (χ2n) is 6.63. The Balaban J connectivity index is 0.00000300. The summed E-state index contributed by atoms with van der Waals surface area (Å²) in [6.45, 7) is -0.191. The van der Waals surface area contributed by atoms with E-state index in [0.29, 0.717) is 23.2 Å². The lowest BCUT2D eigenvalue weighted by atomic mass is 9.98. The minimum absolute atomic E-state index is 0. The first kappa shape index (κ1) is 22.0. The number of nitrogen functional groups attached to an aromatic ring is 1. The zero-order chi connectivity index (χ0) is 20.3. The topological polar surface area (TPSA) is 121 Å². The number of hydrogen-bond acceptors (Lipinski definition) is 4. The molecule has 152 valence electrons. The maximum Gasteiger partial charge on any atom is 0.322 e. The van der Waals surface area contributed by atoms with E-state index >= 15 is 0 Å². The van der Waals surface area contributed by atoms with Crippen molar-refractivity contribution in [1.29, 1.82) is 5.41 Å².